The number of benzene rings is 2. The molecule has 2 aromatic rings. The summed E-state index contributed by atoms with van der Waals surface area (Å²) in [4.78, 5) is 10.0. The van der Waals surface area contributed by atoms with Gasteiger partial charge in [0.1, 0.15) is 5.60 Å². The minimum absolute atomic E-state index is 0.0830. The van der Waals surface area contributed by atoms with Gasteiger partial charge in [-0.3, -0.25) is 10.1 Å². The van der Waals surface area contributed by atoms with Crippen LogP contribution in [0.3, 0.4) is 0 Å². The van der Waals surface area contributed by atoms with Crippen molar-refractivity contribution in [3.8, 4) is 11.5 Å². The lowest BCUT2D eigenvalue weighted by atomic mass is 9.96. The van der Waals surface area contributed by atoms with Crippen LogP contribution in [0.25, 0.3) is 0 Å². The number of non-ortho nitro benzene ring substituents is 1. The van der Waals surface area contributed by atoms with Gasteiger partial charge in [-0.2, -0.15) is 0 Å². The highest BCUT2D eigenvalue weighted by Crippen LogP contribution is 2.35. The fraction of sp³-hybridized carbons (Fsp3) is 0.294. The average molecular weight is 394 g/mol. The quantitative estimate of drug-likeness (QED) is 0.565. The van der Waals surface area contributed by atoms with Crippen LogP contribution in [0.1, 0.15) is 18.1 Å². The first-order chi connectivity index (χ1) is 12.6. The van der Waals surface area contributed by atoms with Gasteiger partial charge in [-0.25, -0.2) is 13.1 Å². The average Bonchev–Trinajstić information content (AvgIpc) is 3.08. The van der Waals surface area contributed by atoms with Gasteiger partial charge in [0.15, 0.2) is 11.5 Å². The van der Waals surface area contributed by atoms with Crippen LogP contribution in [0.4, 0.5) is 5.69 Å². The van der Waals surface area contributed by atoms with Crippen LogP contribution in [-0.4, -0.2) is 31.8 Å². The van der Waals surface area contributed by atoms with Gasteiger partial charge in [0.2, 0.25) is 16.8 Å². The maximum absolute atomic E-state index is 12.6. The van der Waals surface area contributed by atoms with Crippen molar-refractivity contribution in [2.24, 2.45) is 0 Å². The van der Waals surface area contributed by atoms with Crippen LogP contribution in [-0.2, 0) is 15.6 Å². The fourth-order valence-electron chi connectivity index (χ4n) is 2.64. The normalized spacial score (nSPS) is 15.4. The van der Waals surface area contributed by atoms with E-state index in [1.807, 2.05) is 0 Å². The molecule has 0 bridgehead atoms. The Morgan fingerprint density at radius 3 is 2.63 bits per heavy atom. The molecule has 1 aliphatic heterocycles. The van der Waals surface area contributed by atoms with E-state index in [9.17, 15) is 23.6 Å². The van der Waals surface area contributed by atoms with Crippen molar-refractivity contribution >= 4 is 15.7 Å². The molecule has 0 saturated carbocycles. The third kappa shape index (κ3) is 3.87. The summed E-state index contributed by atoms with van der Waals surface area (Å²) in [5.41, 5.74) is -1.08. The van der Waals surface area contributed by atoms with E-state index in [4.69, 9.17) is 9.47 Å². The van der Waals surface area contributed by atoms with Crippen LogP contribution >= 0.6 is 0 Å². The zero-order valence-electron chi connectivity index (χ0n) is 14.6. The van der Waals surface area contributed by atoms with Crippen LogP contribution < -0.4 is 14.2 Å². The van der Waals surface area contributed by atoms with Gasteiger partial charge < -0.3 is 14.6 Å². The number of aliphatic hydroxyl groups is 1. The Labute approximate surface area is 155 Å². The van der Waals surface area contributed by atoms with Gasteiger partial charge in [0.05, 0.1) is 9.82 Å². The molecule has 144 valence electrons. The molecule has 1 atom stereocenters. The van der Waals surface area contributed by atoms with Crippen molar-refractivity contribution in [1.29, 1.82) is 0 Å². The Morgan fingerprint density at radius 2 is 1.93 bits per heavy atom. The first-order valence-corrected chi connectivity index (χ1v) is 9.46. The highest BCUT2D eigenvalue weighted by atomic mass is 32.2. The van der Waals surface area contributed by atoms with Gasteiger partial charge in [-0.05, 0) is 37.1 Å². The summed E-state index contributed by atoms with van der Waals surface area (Å²) in [6.45, 7) is 2.73. The number of nitro benzene ring substituents is 1. The number of sulfonamides is 1. The second-order valence-electron chi connectivity index (χ2n) is 6.37. The number of nitrogens with zero attached hydrogens (tertiary/aromatic N) is 1. The number of nitrogens with one attached hydrogen (secondary N) is 1. The molecule has 3 rings (SSSR count). The Morgan fingerprint density at radius 1 is 1.22 bits per heavy atom. The van der Waals surface area contributed by atoms with E-state index in [2.05, 4.69) is 4.72 Å². The molecule has 0 saturated heterocycles. The predicted molar refractivity (Wildman–Crippen MR) is 95.2 cm³/mol. The summed E-state index contributed by atoms with van der Waals surface area (Å²) >= 11 is 0. The molecule has 2 aromatic carbocycles. The lowest BCUT2D eigenvalue weighted by Crippen LogP contribution is -2.38. The minimum Gasteiger partial charge on any atom is -0.454 e. The molecule has 1 heterocycles. The van der Waals surface area contributed by atoms with Gasteiger partial charge in [0, 0.05) is 18.7 Å². The first-order valence-electron chi connectivity index (χ1n) is 7.97. The molecule has 0 aliphatic carbocycles. The SMILES string of the molecule is Cc1ccc([N+](=O)[O-])cc1S(=O)(=O)NCC(C)(O)c1ccc2c(c1)OCO2. The molecular formula is C17H18N2O7S. The van der Waals surface area contributed by atoms with Crippen molar-refractivity contribution in [3.05, 3.63) is 57.6 Å². The zero-order chi connectivity index (χ0) is 19.8. The Hall–Kier alpha value is -2.69. The van der Waals surface area contributed by atoms with Crippen LogP contribution in [0.2, 0.25) is 0 Å². The molecule has 1 aliphatic rings. The van der Waals surface area contributed by atoms with Crippen LogP contribution in [0.15, 0.2) is 41.3 Å². The summed E-state index contributed by atoms with van der Waals surface area (Å²) in [6, 6.07) is 8.41. The molecule has 0 amide bonds. The highest BCUT2D eigenvalue weighted by Gasteiger charge is 2.29. The number of fused-ring (bicyclic) bond motifs is 1. The molecule has 0 aromatic heterocycles. The second-order valence-corrected chi connectivity index (χ2v) is 8.11. The monoisotopic (exact) mass is 394 g/mol. The maximum Gasteiger partial charge on any atom is 0.270 e. The lowest BCUT2D eigenvalue weighted by molar-refractivity contribution is -0.385. The number of rotatable bonds is 6. The van der Waals surface area contributed by atoms with E-state index in [0.29, 0.717) is 22.6 Å². The summed E-state index contributed by atoms with van der Waals surface area (Å²) < 4.78 is 38.0. The standard InChI is InChI=1S/C17H18N2O7S/c1-11-3-5-13(19(21)22)8-16(11)27(23,24)18-9-17(2,20)12-4-6-14-15(7-12)26-10-25-14/h3-8,18,20H,9-10H2,1-2H3. The number of ether oxygens (including phenoxy) is 2. The van der Waals surface area contributed by atoms with Gasteiger partial charge in [-0.1, -0.05) is 12.1 Å². The van der Waals surface area contributed by atoms with E-state index in [-0.39, 0.29) is 23.9 Å². The molecule has 1 unspecified atom stereocenters. The molecule has 2 N–H and O–H groups in total. The molecule has 0 radical (unpaired) electrons. The summed E-state index contributed by atoms with van der Waals surface area (Å²) in [7, 11) is -4.07. The van der Waals surface area contributed by atoms with Crippen molar-refractivity contribution in [2.75, 3.05) is 13.3 Å². The molecule has 0 fully saturated rings. The lowest BCUT2D eigenvalue weighted by Gasteiger charge is -2.24. The topological polar surface area (TPSA) is 128 Å². The fourth-order valence-corrected chi connectivity index (χ4v) is 4.03. The highest BCUT2D eigenvalue weighted by molar-refractivity contribution is 7.89. The molecule has 10 heteroatoms. The van der Waals surface area contributed by atoms with Crippen molar-refractivity contribution < 1.29 is 27.9 Å². The Bertz CT molecular complexity index is 1000. The van der Waals surface area contributed by atoms with Gasteiger partial charge in [-0.15, -0.1) is 0 Å². The third-order valence-corrected chi connectivity index (χ3v) is 5.82. The zero-order valence-corrected chi connectivity index (χ0v) is 15.4. The van der Waals surface area contributed by atoms with Gasteiger partial charge >= 0.3 is 0 Å². The molecular weight excluding hydrogens is 376 g/mol. The van der Waals surface area contributed by atoms with E-state index in [0.717, 1.165) is 6.07 Å². The second kappa shape index (κ2) is 6.80. The van der Waals surface area contributed by atoms with E-state index in [1.54, 1.807) is 18.2 Å². The van der Waals surface area contributed by atoms with E-state index in [1.165, 1.54) is 26.0 Å². The van der Waals surface area contributed by atoms with Crippen molar-refractivity contribution in [2.45, 2.75) is 24.3 Å². The molecule has 0 spiro atoms. The molecule has 9 nitrogen and oxygen atoms in total. The predicted octanol–water partition coefficient (Wildman–Crippen LogP) is 1.82. The van der Waals surface area contributed by atoms with E-state index < -0.39 is 20.5 Å². The van der Waals surface area contributed by atoms with Crippen LogP contribution in [0.5, 0.6) is 11.5 Å². The summed E-state index contributed by atoms with van der Waals surface area (Å²) in [6.07, 6.45) is 0. The number of hydrogen-bond acceptors (Lipinski definition) is 7. The van der Waals surface area contributed by atoms with Crippen molar-refractivity contribution in [3.63, 3.8) is 0 Å². The van der Waals surface area contributed by atoms with E-state index >= 15 is 0 Å². The molecule has 27 heavy (non-hydrogen) atoms. The largest absolute Gasteiger partial charge is 0.454 e. The number of hydrogen-bond donors (Lipinski definition) is 2. The third-order valence-electron chi connectivity index (χ3n) is 4.27. The smallest absolute Gasteiger partial charge is 0.270 e. The first kappa shape index (κ1) is 19.1. The van der Waals surface area contributed by atoms with Crippen molar-refractivity contribution in [1.82, 2.24) is 4.72 Å². The minimum atomic E-state index is -4.07. The van der Waals surface area contributed by atoms with Gasteiger partial charge in [0.25, 0.3) is 5.69 Å². The Balaban J connectivity index is 1.82. The maximum atomic E-state index is 12.6. The Kier molecular flexibility index (Phi) is 4.81. The number of aryl methyl sites for hydroxylation is 1. The summed E-state index contributed by atoms with van der Waals surface area (Å²) in [5, 5.41) is 21.6. The van der Waals surface area contributed by atoms with Crippen LogP contribution in [0, 0.1) is 17.0 Å². The number of nitro groups is 1. The summed E-state index contributed by atoms with van der Waals surface area (Å²) in [5.74, 6) is 1.01.